The summed E-state index contributed by atoms with van der Waals surface area (Å²) >= 11 is 7.51. The van der Waals surface area contributed by atoms with Crippen LogP contribution in [0.5, 0.6) is 0 Å². The molecule has 0 atom stereocenters. The van der Waals surface area contributed by atoms with Gasteiger partial charge in [-0.2, -0.15) is 0 Å². The zero-order valence-corrected chi connectivity index (χ0v) is 18.9. The molecule has 1 N–H and O–H groups in total. The minimum atomic E-state index is -0.232. The van der Waals surface area contributed by atoms with E-state index in [-0.39, 0.29) is 17.5 Å². The number of carbonyl (C=O) groups is 1. The van der Waals surface area contributed by atoms with Gasteiger partial charge in [0.1, 0.15) is 10.8 Å². The molecular weight excluding hydrogens is 449 g/mol. The molecular formula is C23H23ClFN5OS. The van der Waals surface area contributed by atoms with Crippen LogP contribution in [0.2, 0.25) is 5.02 Å². The smallest absolute Gasteiger partial charge is 0.230 e. The zero-order chi connectivity index (χ0) is 22.3. The van der Waals surface area contributed by atoms with E-state index in [4.69, 9.17) is 11.6 Å². The molecule has 0 aliphatic carbocycles. The summed E-state index contributed by atoms with van der Waals surface area (Å²) in [6.07, 6.45) is 3.31. The Bertz CT molecular complexity index is 1060. The normalized spacial score (nSPS) is 13.8. The minimum Gasteiger partial charge on any atom is -0.368 e. The van der Waals surface area contributed by atoms with Gasteiger partial charge in [0.2, 0.25) is 5.91 Å². The van der Waals surface area contributed by atoms with Gasteiger partial charge >= 0.3 is 0 Å². The Labute approximate surface area is 195 Å². The fourth-order valence-corrected chi connectivity index (χ4v) is 4.50. The number of nitrogens with one attached hydrogen (secondary N) is 1. The van der Waals surface area contributed by atoms with Gasteiger partial charge in [0, 0.05) is 55.8 Å². The van der Waals surface area contributed by atoms with Gasteiger partial charge in [-0.05, 0) is 35.9 Å². The number of hydrogen-bond donors (Lipinski definition) is 1. The first kappa shape index (κ1) is 22.4. The van der Waals surface area contributed by atoms with E-state index in [1.165, 1.54) is 23.9 Å². The van der Waals surface area contributed by atoms with E-state index < -0.39 is 0 Å². The van der Waals surface area contributed by atoms with Crippen LogP contribution in [-0.2, 0) is 11.3 Å². The summed E-state index contributed by atoms with van der Waals surface area (Å²) in [4.78, 5) is 25.7. The number of amides is 1. The van der Waals surface area contributed by atoms with Gasteiger partial charge in [0.05, 0.1) is 5.75 Å². The maximum absolute atomic E-state index is 13.2. The Morgan fingerprint density at radius 2 is 1.69 bits per heavy atom. The van der Waals surface area contributed by atoms with E-state index in [2.05, 4.69) is 25.1 Å². The first-order chi connectivity index (χ1) is 15.6. The highest BCUT2D eigenvalue weighted by molar-refractivity contribution is 8.00. The summed E-state index contributed by atoms with van der Waals surface area (Å²) in [6.45, 7) is 3.51. The standard InChI is InChI=1S/C23H23ClFN5OS/c24-20-4-2-1-3-17(20)15-28-21(31)16-32-23-22(26-9-10-27-23)30-13-11-29(12-14-30)19-7-5-18(25)6-8-19/h1-10H,11-16H2,(H,28,31). The number of benzene rings is 2. The Morgan fingerprint density at radius 3 is 2.44 bits per heavy atom. The second-order valence-corrected chi connectivity index (χ2v) is 8.66. The van der Waals surface area contributed by atoms with Gasteiger partial charge in [-0.3, -0.25) is 4.79 Å². The third-order valence-corrected chi connectivity index (χ3v) is 6.53. The van der Waals surface area contributed by atoms with Crippen LogP contribution in [0, 0.1) is 5.82 Å². The number of hydrogen-bond acceptors (Lipinski definition) is 6. The molecule has 1 aliphatic heterocycles. The van der Waals surface area contributed by atoms with Gasteiger partial charge in [0.15, 0.2) is 5.82 Å². The van der Waals surface area contributed by atoms with E-state index in [0.29, 0.717) is 11.6 Å². The highest BCUT2D eigenvalue weighted by atomic mass is 35.5. The van der Waals surface area contributed by atoms with Crippen LogP contribution in [0.4, 0.5) is 15.9 Å². The second kappa shape index (κ2) is 10.7. The van der Waals surface area contributed by atoms with Crippen molar-refractivity contribution in [3.8, 4) is 0 Å². The van der Waals surface area contributed by atoms with Crippen molar-refractivity contribution < 1.29 is 9.18 Å². The first-order valence-electron chi connectivity index (χ1n) is 10.3. The fraction of sp³-hybridized carbons (Fsp3) is 0.261. The van der Waals surface area contributed by atoms with E-state index in [9.17, 15) is 9.18 Å². The molecule has 166 valence electrons. The Kier molecular flexibility index (Phi) is 7.44. The molecule has 0 unspecified atom stereocenters. The van der Waals surface area contributed by atoms with E-state index in [1.54, 1.807) is 30.6 Å². The summed E-state index contributed by atoms with van der Waals surface area (Å²) in [5, 5.41) is 4.27. The lowest BCUT2D eigenvalue weighted by molar-refractivity contribution is -0.118. The maximum Gasteiger partial charge on any atom is 0.230 e. The molecule has 32 heavy (non-hydrogen) atoms. The molecule has 0 radical (unpaired) electrons. The van der Waals surface area contributed by atoms with Crippen LogP contribution in [0.1, 0.15) is 5.56 Å². The lowest BCUT2D eigenvalue weighted by Gasteiger charge is -2.37. The van der Waals surface area contributed by atoms with Crippen molar-refractivity contribution in [2.45, 2.75) is 11.6 Å². The summed E-state index contributed by atoms with van der Waals surface area (Å²) in [5.41, 5.74) is 1.89. The molecule has 1 saturated heterocycles. The van der Waals surface area contributed by atoms with Crippen molar-refractivity contribution in [1.82, 2.24) is 15.3 Å². The summed E-state index contributed by atoms with van der Waals surface area (Å²) < 4.78 is 13.2. The van der Waals surface area contributed by atoms with Crippen molar-refractivity contribution in [3.05, 3.63) is 77.3 Å². The van der Waals surface area contributed by atoms with Crippen LogP contribution in [0.3, 0.4) is 0 Å². The SMILES string of the molecule is O=C(CSc1nccnc1N1CCN(c2ccc(F)cc2)CC1)NCc1ccccc1Cl. The maximum atomic E-state index is 13.2. The topological polar surface area (TPSA) is 61.4 Å². The molecule has 1 aliphatic rings. The predicted molar refractivity (Wildman–Crippen MR) is 127 cm³/mol. The number of rotatable bonds is 7. The number of piperazine rings is 1. The van der Waals surface area contributed by atoms with Crippen LogP contribution in [0.15, 0.2) is 66.0 Å². The highest BCUT2D eigenvalue weighted by Gasteiger charge is 2.21. The van der Waals surface area contributed by atoms with Gasteiger partial charge in [-0.25, -0.2) is 14.4 Å². The molecule has 0 bridgehead atoms. The van der Waals surface area contributed by atoms with E-state index in [0.717, 1.165) is 48.3 Å². The van der Waals surface area contributed by atoms with Crippen molar-refractivity contribution in [2.75, 3.05) is 41.7 Å². The number of aromatic nitrogens is 2. The average Bonchev–Trinajstić information content (AvgIpc) is 2.83. The molecule has 3 aromatic rings. The molecule has 1 fully saturated rings. The quantitative estimate of drug-likeness (QED) is 0.525. The molecule has 2 aromatic carbocycles. The molecule has 6 nitrogen and oxygen atoms in total. The number of nitrogens with zero attached hydrogens (tertiary/aromatic N) is 4. The monoisotopic (exact) mass is 471 g/mol. The van der Waals surface area contributed by atoms with Crippen LogP contribution < -0.4 is 15.1 Å². The highest BCUT2D eigenvalue weighted by Crippen LogP contribution is 2.27. The first-order valence-corrected chi connectivity index (χ1v) is 11.7. The van der Waals surface area contributed by atoms with Gasteiger partial charge < -0.3 is 15.1 Å². The molecule has 1 aromatic heterocycles. The largest absolute Gasteiger partial charge is 0.368 e. The van der Waals surface area contributed by atoms with Crippen molar-refractivity contribution >= 4 is 40.8 Å². The minimum absolute atomic E-state index is 0.0901. The van der Waals surface area contributed by atoms with E-state index >= 15 is 0 Å². The van der Waals surface area contributed by atoms with Crippen LogP contribution in [-0.4, -0.2) is 47.8 Å². The van der Waals surface area contributed by atoms with Gasteiger partial charge in [0.25, 0.3) is 0 Å². The average molecular weight is 472 g/mol. The number of halogens is 2. The van der Waals surface area contributed by atoms with E-state index in [1.807, 2.05) is 18.2 Å². The number of anilines is 2. The summed E-state index contributed by atoms with van der Waals surface area (Å²) in [5.74, 6) is 0.707. The van der Waals surface area contributed by atoms with Crippen LogP contribution >= 0.6 is 23.4 Å². The fourth-order valence-electron chi connectivity index (χ4n) is 3.49. The summed E-state index contributed by atoms with van der Waals surface area (Å²) in [6, 6.07) is 14.0. The third-order valence-electron chi connectivity index (χ3n) is 5.19. The van der Waals surface area contributed by atoms with Crippen molar-refractivity contribution in [3.63, 3.8) is 0 Å². The molecule has 0 spiro atoms. The molecule has 9 heteroatoms. The van der Waals surface area contributed by atoms with Crippen molar-refractivity contribution in [1.29, 1.82) is 0 Å². The third kappa shape index (κ3) is 5.69. The lowest BCUT2D eigenvalue weighted by atomic mass is 10.2. The Balaban J connectivity index is 1.31. The van der Waals surface area contributed by atoms with Crippen molar-refractivity contribution in [2.24, 2.45) is 0 Å². The number of carbonyl (C=O) groups excluding carboxylic acids is 1. The van der Waals surface area contributed by atoms with Gasteiger partial charge in [-0.1, -0.05) is 41.6 Å². The van der Waals surface area contributed by atoms with Crippen LogP contribution in [0.25, 0.3) is 0 Å². The molecule has 4 rings (SSSR count). The lowest BCUT2D eigenvalue weighted by Crippen LogP contribution is -2.47. The predicted octanol–water partition coefficient (Wildman–Crippen LogP) is 4.00. The summed E-state index contributed by atoms with van der Waals surface area (Å²) in [7, 11) is 0. The zero-order valence-electron chi connectivity index (χ0n) is 17.4. The Hall–Kier alpha value is -2.84. The second-order valence-electron chi connectivity index (χ2n) is 7.29. The molecule has 1 amide bonds. The Morgan fingerprint density at radius 1 is 1.00 bits per heavy atom. The molecule has 2 heterocycles. The van der Waals surface area contributed by atoms with Gasteiger partial charge in [-0.15, -0.1) is 0 Å². The number of thioether (sulfide) groups is 1. The molecule has 0 saturated carbocycles.